The average molecular weight is 906 g/mol. The topological polar surface area (TPSA) is 307 Å². The molecule has 17 atom stereocenters. The van der Waals surface area contributed by atoms with Crippen LogP contribution < -0.4 is 5.32 Å². The molecule has 0 radical (unpaired) electrons. The lowest BCUT2D eigenvalue weighted by atomic mass is 9.96. The third kappa shape index (κ3) is 17.5. The molecule has 3 aliphatic rings. The Bertz CT molecular complexity index is 1360. The summed E-state index contributed by atoms with van der Waals surface area (Å²) in [5.74, 6) is -0.318. The SMILES string of the molecule is CC/C=C\C/C=C\C/C=C\CCCCCC(=O)NC(COC1OC(CO)C(OC2OC(CO)C(OC3OC(CO)C(O)C(O)C3O)C(O)C2O)C(O)C1O)C(O)/C=C/CCCCC. The molecule has 0 aromatic heterocycles. The Kier molecular flexibility index (Phi) is 26.3. The van der Waals surface area contributed by atoms with Gasteiger partial charge in [0.15, 0.2) is 18.9 Å². The van der Waals surface area contributed by atoms with Crippen molar-refractivity contribution in [3.05, 3.63) is 48.6 Å². The van der Waals surface area contributed by atoms with Gasteiger partial charge in [0.05, 0.1) is 38.6 Å². The molecule has 0 spiro atoms. The smallest absolute Gasteiger partial charge is 0.220 e. The van der Waals surface area contributed by atoms with E-state index in [-0.39, 0.29) is 18.9 Å². The predicted molar refractivity (Wildman–Crippen MR) is 226 cm³/mol. The lowest BCUT2D eigenvalue weighted by Crippen LogP contribution is -2.66. The molecule has 3 heterocycles. The second kappa shape index (κ2) is 30.1. The van der Waals surface area contributed by atoms with Crippen molar-refractivity contribution in [2.45, 2.75) is 195 Å². The number of hydrogen-bond acceptors (Lipinski definition) is 18. The van der Waals surface area contributed by atoms with Crippen LogP contribution in [0.15, 0.2) is 48.6 Å². The molecule has 1 amide bonds. The number of unbranched alkanes of at least 4 members (excludes halogenated alkanes) is 6. The van der Waals surface area contributed by atoms with Crippen molar-refractivity contribution in [2.24, 2.45) is 0 Å². The number of carbonyl (C=O) groups excluding carboxylic acids is 1. The van der Waals surface area contributed by atoms with Crippen molar-refractivity contribution in [2.75, 3.05) is 26.4 Å². The van der Waals surface area contributed by atoms with Gasteiger partial charge in [-0.2, -0.15) is 0 Å². The number of ether oxygens (including phenoxy) is 6. The van der Waals surface area contributed by atoms with Crippen LogP contribution in [-0.4, -0.2) is 193 Å². The van der Waals surface area contributed by atoms with Crippen molar-refractivity contribution in [1.29, 1.82) is 0 Å². The van der Waals surface area contributed by atoms with Gasteiger partial charge in [0.1, 0.15) is 73.2 Å². The second-order valence-corrected chi connectivity index (χ2v) is 16.1. The highest BCUT2D eigenvalue weighted by Crippen LogP contribution is 2.33. The van der Waals surface area contributed by atoms with Crippen molar-refractivity contribution in [3.8, 4) is 0 Å². The fourth-order valence-electron chi connectivity index (χ4n) is 7.32. The number of aliphatic hydroxyl groups is 11. The number of amides is 1. The molecule has 364 valence electrons. The molecule has 63 heavy (non-hydrogen) atoms. The minimum atomic E-state index is -1.98. The van der Waals surface area contributed by atoms with Crippen LogP contribution in [0.25, 0.3) is 0 Å². The van der Waals surface area contributed by atoms with Gasteiger partial charge < -0.3 is 89.9 Å². The first-order chi connectivity index (χ1) is 30.3. The van der Waals surface area contributed by atoms with Gasteiger partial charge in [-0.05, 0) is 51.4 Å². The zero-order valence-electron chi connectivity index (χ0n) is 36.5. The van der Waals surface area contributed by atoms with Crippen LogP contribution >= 0.6 is 0 Å². The molecule has 19 nitrogen and oxygen atoms in total. The first kappa shape index (κ1) is 55.1. The largest absolute Gasteiger partial charge is 0.394 e. The van der Waals surface area contributed by atoms with E-state index >= 15 is 0 Å². The zero-order valence-corrected chi connectivity index (χ0v) is 36.5. The number of carbonyl (C=O) groups is 1. The molecule has 17 unspecified atom stereocenters. The number of allylic oxidation sites excluding steroid dienone is 7. The van der Waals surface area contributed by atoms with Crippen LogP contribution in [0.3, 0.4) is 0 Å². The fourth-order valence-corrected chi connectivity index (χ4v) is 7.32. The molecule has 0 aromatic rings. The molecule has 3 aliphatic heterocycles. The Labute approximate surface area is 370 Å². The summed E-state index contributed by atoms with van der Waals surface area (Å²) >= 11 is 0. The van der Waals surface area contributed by atoms with Gasteiger partial charge >= 0.3 is 0 Å². The number of hydrogen-bond donors (Lipinski definition) is 12. The molecule has 12 N–H and O–H groups in total. The van der Waals surface area contributed by atoms with Gasteiger partial charge in [-0.1, -0.05) is 81.7 Å². The molecular weight excluding hydrogens is 830 g/mol. The van der Waals surface area contributed by atoms with E-state index in [4.69, 9.17) is 28.4 Å². The molecule has 3 rings (SSSR count). The Morgan fingerprint density at radius 3 is 1.68 bits per heavy atom. The number of nitrogens with one attached hydrogen (secondary N) is 1. The minimum absolute atomic E-state index is 0.204. The van der Waals surface area contributed by atoms with Crippen LogP contribution in [0.1, 0.15) is 90.9 Å². The van der Waals surface area contributed by atoms with E-state index in [1.807, 2.05) is 6.08 Å². The first-order valence-corrected chi connectivity index (χ1v) is 22.4. The van der Waals surface area contributed by atoms with E-state index in [1.54, 1.807) is 6.08 Å². The Balaban J connectivity index is 1.58. The molecular formula is C44H75NO18. The number of rotatable bonds is 28. The van der Waals surface area contributed by atoms with E-state index in [0.29, 0.717) is 12.8 Å². The van der Waals surface area contributed by atoms with E-state index in [9.17, 15) is 61.0 Å². The standard InChI is InChI=1S/C44H75NO18/c1-3-5-7-9-10-11-12-13-14-15-16-18-20-22-32(50)45-27(28(49)21-19-17-8-6-4-2)26-58-42-38(56)35(53)40(30(24-47)60-42)63-44-39(57)36(54)41(31(25-48)61-44)62-43-37(55)34(52)33(51)29(23-46)59-43/h5,7,10-11,13-14,19,21,27-31,33-44,46-49,51-57H,3-4,6,8-9,12,15-18,20,22-26H2,1-2H3,(H,45,50)/b7-5-,11-10-,14-13-,21-19+. The lowest BCUT2D eigenvalue weighted by Gasteiger charge is -2.48. The quantitative estimate of drug-likeness (QED) is 0.0339. The summed E-state index contributed by atoms with van der Waals surface area (Å²) < 4.78 is 33.8. The lowest BCUT2D eigenvalue weighted by molar-refractivity contribution is -0.379. The molecule has 3 saturated heterocycles. The summed E-state index contributed by atoms with van der Waals surface area (Å²) in [5, 5.41) is 119. The molecule has 0 saturated carbocycles. The highest BCUT2D eigenvalue weighted by molar-refractivity contribution is 5.76. The second-order valence-electron chi connectivity index (χ2n) is 16.1. The fraction of sp³-hybridized carbons (Fsp3) is 0.795. The first-order valence-electron chi connectivity index (χ1n) is 22.4. The van der Waals surface area contributed by atoms with Gasteiger partial charge in [-0.25, -0.2) is 0 Å². The van der Waals surface area contributed by atoms with Gasteiger partial charge in [0, 0.05) is 6.42 Å². The molecule has 0 aromatic carbocycles. The number of aliphatic hydroxyl groups excluding tert-OH is 11. The van der Waals surface area contributed by atoms with Crippen LogP contribution in [0, 0.1) is 0 Å². The van der Waals surface area contributed by atoms with Crippen molar-refractivity contribution < 1.29 is 89.4 Å². The maximum atomic E-state index is 13.0. The van der Waals surface area contributed by atoms with Crippen LogP contribution in [0.4, 0.5) is 0 Å². The monoisotopic (exact) mass is 905 g/mol. The summed E-state index contributed by atoms with van der Waals surface area (Å²) in [6.07, 6.45) is -0.771. The van der Waals surface area contributed by atoms with Gasteiger partial charge in [-0.15, -0.1) is 0 Å². The predicted octanol–water partition coefficient (Wildman–Crippen LogP) is -0.757. The van der Waals surface area contributed by atoms with Crippen LogP contribution in [0.5, 0.6) is 0 Å². The Morgan fingerprint density at radius 2 is 1.10 bits per heavy atom. The Hall–Kier alpha value is -2.25. The third-order valence-electron chi connectivity index (χ3n) is 11.1. The molecule has 0 aliphatic carbocycles. The third-order valence-corrected chi connectivity index (χ3v) is 11.1. The van der Waals surface area contributed by atoms with Crippen molar-refractivity contribution in [3.63, 3.8) is 0 Å². The molecule has 19 heteroatoms. The van der Waals surface area contributed by atoms with Crippen molar-refractivity contribution >= 4 is 5.91 Å². The van der Waals surface area contributed by atoms with Crippen LogP contribution in [-0.2, 0) is 33.2 Å². The van der Waals surface area contributed by atoms with Gasteiger partial charge in [-0.3, -0.25) is 4.79 Å². The molecule has 3 fully saturated rings. The summed E-state index contributed by atoms with van der Waals surface area (Å²) in [7, 11) is 0. The average Bonchev–Trinajstić information content (AvgIpc) is 3.28. The Morgan fingerprint density at radius 1 is 0.587 bits per heavy atom. The van der Waals surface area contributed by atoms with E-state index in [2.05, 4.69) is 55.6 Å². The summed E-state index contributed by atoms with van der Waals surface area (Å²) in [5.41, 5.74) is 0. The minimum Gasteiger partial charge on any atom is -0.394 e. The van der Waals surface area contributed by atoms with Crippen LogP contribution in [0.2, 0.25) is 0 Å². The maximum absolute atomic E-state index is 13.0. The maximum Gasteiger partial charge on any atom is 0.220 e. The van der Waals surface area contributed by atoms with E-state index in [0.717, 1.165) is 57.8 Å². The van der Waals surface area contributed by atoms with Gasteiger partial charge in [0.2, 0.25) is 5.91 Å². The normalized spacial score (nSPS) is 35.3. The zero-order chi connectivity index (χ0) is 46.3. The highest BCUT2D eigenvalue weighted by Gasteiger charge is 2.53. The van der Waals surface area contributed by atoms with Crippen molar-refractivity contribution in [1.82, 2.24) is 5.32 Å². The van der Waals surface area contributed by atoms with Gasteiger partial charge in [0.25, 0.3) is 0 Å². The summed E-state index contributed by atoms with van der Waals surface area (Å²) in [4.78, 5) is 13.0. The molecule has 0 bridgehead atoms. The summed E-state index contributed by atoms with van der Waals surface area (Å²) in [6, 6.07) is -0.983. The van der Waals surface area contributed by atoms with E-state index in [1.165, 1.54) is 0 Å². The summed E-state index contributed by atoms with van der Waals surface area (Å²) in [6.45, 7) is 1.38. The highest BCUT2D eigenvalue weighted by atomic mass is 16.8. The van der Waals surface area contributed by atoms with E-state index < -0.39 is 124 Å².